The summed E-state index contributed by atoms with van der Waals surface area (Å²) in [5.74, 6) is 0.778. The van der Waals surface area contributed by atoms with Gasteiger partial charge in [-0.2, -0.15) is 0 Å². The predicted molar refractivity (Wildman–Crippen MR) is 112 cm³/mol. The van der Waals surface area contributed by atoms with Gasteiger partial charge in [0.1, 0.15) is 11.3 Å². The van der Waals surface area contributed by atoms with Gasteiger partial charge in [-0.15, -0.1) is 0 Å². The zero-order valence-corrected chi connectivity index (χ0v) is 16.6. The summed E-state index contributed by atoms with van der Waals surface area (Å²) in [6.07, 6.45) is 4.24. The quantitative estimate of drug-likeness (QED) is 0.598. The van der Waals surface area contributed by atoms with Crippen molar-refractivity contribution in [2.24, 2.45) is 0 Å². The van der Waals surface area contributed by atoms with Crippen LogP contribution in [0.25, 0.3) is 11.0 Å². The molecule has 0 atom stereocenters. The van der Waals surface area contributed by atoms with E-state index in [4.69, 9.17) is 4.74 Å². The molecule has 29 heavy (non-hydrogen) atoms. The molecular weight excluding hydrogens is 368 g/mol. The number of nitrogens with zero attached hydrogens (tertiary/aromatic N) is 4. The van der Waals surface area contributed by atoms with Crippen LogP contribution in [0.3, 0.4) is 0 Å². The molecule has 1 aliphatic rings. The molecule has 4 rings (SSSR count). The van der Waals surface area contributed by atoms with E-state index in [1.54, 1.807) is 24.5 Å². The number of H-pyrrole nitrogens is 1. The van der Waals surface area contributed by atoms with E-state index in [1.807, 2.05) is 18.2 Å². The molecule has 8 heteroatoms. The molecule has 1 aliphatic heterocycles. The lowest BCUT2D eigenvalue weighted by molar-refractivity contribution is 0.102. The molecule has 3 aromatic rings. The van der Waals surface area contributed by atoms with Gasteiger partial charge in [0.2, 0.25) is 5.88 Å². The van der Waals surface area contributed by atoms with E-state index in [2.05, 4.69) is 37.1 Å². The van der Waals surface area contributed by atoms with Crippen molar-refractivity contribution in [1.82, 2.24) is 24.8 Å². The summed E-state index contributed by atoms with van der Waals surface area (Å²) in [5.41, 5.74) is 1.85. The second-order valence-corrected chi connectivity index (χ2v) is 7.26. The third-order valence-electron chi connectivity index (χ3n) is 5.11. The van der Waals surface area contributed by atoms with E-state index < -0.39 is 0 Å². The first-order chi connectivity index (χ1) is 14.2. The minimum atomic E-state index is -0.255. The standard InChI is InChI=1S/C21H26N6O2/c1-26-10-12-27(13-11-26)9-4-14-29-19-7-6-17-20(25-19)16(15-23-17)21(28)24-18-5-2-3-8-22-18/h2-3,5-8,15,23H,4,9-14H2,1H3,(H,22,24,28). The van der Waals surface area contributed by atoms with Crippen molar-refractivity contribution >= 4 is 22.8 Å². The Kier molecular flexibility index (Phi) is 6.02. The van der Waals surface area contributed by atoms with Crippen molar-refractivity contribution in [3.05, 3.63) is 48.3 Å². The summed E-state index contributed by atoms with van der Waals surface area (Å²) >= 11 is 0. The maximum absolute atomic E-state index is 12.6. The van der Waals surface area contributed by atoms with Crippen LogP contribution < -0.4 is 10.1 Å². The normalized spacial score (nSPS) is 15.5. The first-order valence-electron chi connectivity index (χ1n) is 9.93. The van der Waals surface area contributed by atoms with Gasteiger partial charge in [0.15, 0.2) is 0 Å². The van der Waals surface area contributed by atoms with E-state index in [0.29, 0.717) is 29.4 Å². The Bertz CT molecular complexity index is 950. The van der Waals surface area contributed by atoms with E-state index in [1.165, 1.54) is 0 Å². The first-order valence-corrected chi connectivity index (χ1v) is 9.93. The van der Waals surface area contributed by atoms with Crippen LogP contribution in [0.15, 0.2) is 42.7 Å². The topological polar surface area (TPSA) is 86.4 Å². The first kappa shape index (κ1) is 19.4. The SMILES string of the molecule is CN1CCN(CCCOc2ccc3[nH]cc(C(=O)Nc4ccccn4)c3n2)CC1. The second-order valence-electron chi connectivity index (χ2n) is 7.26. The maximum atomic E-state index is 12.6. The number of hydrogen-bond donors (Lipinski definition) is 2. The molecule has 0 aliphatic carbocycles. The van der Waals surface area contributed by atoms with Gasteiger partial charge >= 0.3 is 0 Å². The highest BCUT2D eigenvalue weighted by atomic mass is 16.5. The molecule has 0 aromatic carbocycles. The van der Waals surface area contributed by atoms with Gasteiger partial charge in [0, 0.05) is 51.2 Å². The maximum Gasteiger partial charge on any atom is 0.260 e. The van der Waals surface area contributed by atoms with Crippen molar-refractivity contribution in [2.75, 3.05) is 51.7 Å². The Morgan fingerprint density at radius 3 is 2.86 bits per heavy atom. The number of ether oxygens (including phenoxy) is 1. The third kappa shape index (κ3) is 4.90. The lowest BCUT2D eigenvalue weighted by Gasteiger charge is -2.32. The van der Waals surface area contributed by atoms with Gasteiger partial charge in [-0.1, -0.05) is 6.07 Å². The van der Waals surface area contributed by atoms with Crippen LogP contribution in [0.2, 0.25) is 0 Å². The Labute approximate surface area is 169 Å². The molecule has 3 aromatic heterocycles. The van der Waals surface area contributed by atoms with Gasteiger partial charge in [-0.3, -0.25) is 4.79 Å². The minimum absolute atomic E-state index is 0.255. The molecule has 0 saturated carbocycles. The van der Waals surface area contributed by atoms with Crippen molar-refractivity contribution in [1.29, 1.82) is 0 Å². The average molecular weight is 394 g/mol. The monoisotopic (exact) mass is 394 g/mol. The van der Waals surface area contributed by atoms with Gasteiger partial charge in [-0.25, -0.2) is 9.97 Å². The van der Waals surface area contributed by atoms with Crippen LogP contribution in [0, 0.1) is 0 Å². The van der Waals surface area contributed by atoms with Crippen molar-refractivity contribution < 1.29 is 9.53 Å². The molecule has 8 nitrogen and oxygen atoms in total. The Morgan fingerprint density at radius 2 is 2.07 bits per heavy atom. The summed E-state index contributed by atoms with van der Waals surface area (Å²) in [5, 5.41) is 2.79. The number of aromatic amines is 1. The summed E-state index contributed by atoms with van der Waals surface area (Å²) < 4.78 is 5.84. The molecule has 2 N–H and O–H groups in total. The predicted octanol–water partition coefficient (Wildman–Crippen LogP) is 2.23. The van der Waals surface area contributed by atoms with Gasteiger partial charge in [0.25, 0.3) is 5.91 Å². The van der Waals surface area contributed by atoms with E-state index in [9.17, 15) is 4.79 Å². The number of carbonyl (C=O) groups is 1. The Hall–Kier alpha value is -2.97. The highest BCUT2D eigenvalue weighted by molar-refractivity contribution is 6.11. The highest BCUT2D eigenvalue weighted by Gasteiger charge is 2.15. The molecule has 0 radical (unpaired) electrons. The number of anilines is 1. The lowest BCUT2D eigenvalue weighted by atomic mass is 10.2. The lowest BCUT2D eigenvalue weighted by Crippen LogP contribution is -2.44. The number of pyridine rings is 2. The zero-order valence-electron chi connectivity index (χ0n) is 16.6. The molecule has 0 bridgehead atoms. The highest BCUT2D eigenvalue weighted by Crippen LogP contribution is 2.21. The fourth-order valence-corrected chi connectivity index (χ4v) is 3.39. The summed E-state index contributed by atoms with van der Waals surface area (Å²) in [6, 6.07) is 9.08. The van der Waals surface area contributed by atoms with Gasteiger partial charge < -0.3 is 24.8 Å². The zero-order chi connectivity index (χ0) is 20.1. The van der Waals surface area contributed by atoms with Crippen LogP contribution in [0.1, 0.15) is 16.8 Å². The largest absolute Gasteiger partial charge is 0.478 e. The molecule has 1 fully saturated rings. The fourth-order valence-electron chi connectivity index (χ4n) is 3.39. The number of carbonyl (C=O) groups excluding carboxylic acids is 1. The number of likely N-dealkylation sites (N-methyl/N-ethyl adjacent to an activating group) is 1. The number of hydrogen-bond acceptors (Lipinski definition) is 6. The number of aromatic nitrogens is 3. The van der Waals surface area contributed by atoms with Crippen LogP contribution in [0.4, 0.5) is 5.82 Å². The number of nitrogens with one attached hydrogen (secondary N) is 2. The van der Waals surface area contributed by atoms with Crippen LogP contribution in [-0.2, 0) is 0 Å². The molecular formula is C21H26N6O2. The smallest absolute Gasteiger partial charge is 0.260 e. The number of rotatable bonds is 7. The molecule has 0 unspecified atom stereocenters. The second kappa shape index (κ2) is 9.02. The number of fused-ring (bicyclic) bond motifs is 1. The molecule has 152 valence electrons. The number of piperazine rings is 1. The number of amides is 1. The van der Waals surface area contributed by atoms with Crippen molar-refractivity contribution in [3.8, 4) is 5.88 Å². The van der Waals surface area contributed by atoms with Gasteiger partial charge in [-0.05, 0) is 31.7 Å². The molecule has 1 saturated heterocycles. The Balaban J connectivity index is 1.35. The Morgan fingerprint density at radius 1 is 1.21 bits per heavy atom. The van der Waals surface area contributed by atoms with E-state index >= 15 is 0 Å². The van der Waals surface area contributed by atoms with Crippen LogP contribution >= 0.6 is 0 Å². The van der Waals surface area contributed by atoms with Crippen molar-refractivity contribution in [3.63, 3.8) is 0 Å². The summed E-state index contributed by atoms with van der Waals surface area (Å²) in [7, 11) is 2.16. The minimum Gasteiger partial charge on any atom is -0.478 e. The summed E-state index contributed by atoms with van der Waals surface area (Å²) in [6.45, 7) is 6.09. The van der Waals surface area contributed by atoms with Gasteiger partial charge in [0.05, 0.1) is 17.7 Å². The average Bonchev–Trinajstić information content (AvgIpc) is 3.17. The third-order valence-corrected chi connectivity index (χ3v) is 5.11. The van der Waals surface area contributed by atoms with E-state index in [-0.39, 0.29) is 5.91 Å². The van der Waals surface area contributed by atoms with E-state index in [0.717, 1.165) is 44.7 Å². The van der Waals surface area contributed by atoms with Crippen LogP contribution in [-0.4, -0.2) is 77.0 Å². The molecule has 0 spiro atoms. The fraction of sp³-hybridized carbons (Fsp3) is 0.381. The van der Waals surface area contributed by atoms with Crippen molar-refractivity contribution in [2.45, 2.75) is 6.42 Å². The molecule has 4 heterocycles. The van der Waals surface area contributed by atoms with Crippen LogP contribution in [0.5, 0.6) is 5.88 Å². The summed E-state index contributed by atoms with van der Waals surface area (Å²) in [4.78, 5) is 29.2. The molecule has 1 amide bonds.